The van der Waals surface area contributed by atoms with Gasteiger partial charge in [-0.2, -0.15) is 0 Å². The molecule has 0 bridgehead atoms. The van der Waals surface area contributed by atoms with Crippen LogP contribution in [-0.2, 0) is 17.9 Å². The molecule has 1 aliphatic heterocycles. The number of amides is 1. The van der Waals surface area contributed by atoms with Crippen molar-refractivity contribution in [2.75, 3.05) is 18.1 Å². The third-order valence-electron chi connectivity index (χ3n) is 5.14. The van der Waals surface area contributed by atoms with E-state index in [-0.39, 0.29) is 5.91 Å². The quantitative estimate of drug-likeness (QED) is 0.384. The van der Waals surface area contributed by atoms with E-state index in [9.17, 15) is 4.79 Å². The highest BCUT2D eigenvalue weighted by molar-refractivity contribution is 7.09. The molecule has 166 valence electrons. The minimum absolute atomic E-state index is 0.155. The molecule has 0 radical (unpaired) electrons. The molecule has 0 saturated carbocycles. The van der Waals surface area contributed by atoms with Crippen molar-refractivity contribution in [3.05, 3.63) is 94.5 Å². The van der Waals surface area contributed by atoms with E-state index in [1.54, 1.807) is 27.0 Å². The van der Waals surface area contributed by atoms with E-state index in [1.165, 1.54) is 6.08 Å². The summed E-state index contributed by atoms with van der Waals surface area (Å²) in [5.41, 5.74) is 2.50. The fraction of sp³-hybridized carbons (Fsp3) is 0.160. The van der Waals surface area contributed by atoms with Crippen LogP contribution in [0.4, 0.5) is 5.69 Å². The smallest absolute Gasteiger partial charge is 0.251 e. The number of ether oxygens (including phenoxy) is 2. The Balaban J connectivity index is 1.34. The Bertz CT molecular complexity index is 1250. The molecule has 7 nitrogen and oxygen atoms in total. The molecule has 2 aromatic carbocycles. The van der Waals surface area contributed by atoms with Gasteiger partial charge in [-0.15, -0.1) is 16.4 Å². The van der Waals surface area contributed by atoms with E-state index in [2.05, 4.69) is 10.3 Å². The average Bonchev–Trinajstić information content (AvgIpc) is 3.53. The summed E-state index contributed by atoms with van der Waals surface area (Å²) in [5, 5.41) is 10.3. The van der Waals surface area contributed by atoms with Gasteiger partial charge >= 0.3 is 0 Å². The zero-order chi connectivity index (χ0) is 22.5. The van der Waals surface area contributed by atoms with Crippen molar-refractivity contribution in [3.8, 4) is 11.5 Å². The number of hydrogen-bond acceptors (Lipinski definition) is 6. The van der Waals surface area contributed by atoms with Crippen molar-refractivity contribution in [3.63, 3.8) is 0 Å². The number of thiophene rings is 1. The minimum atomic E-state index is -0.155. The fourth-order valence-corrected chi connectivity index (χ4v) is 4.23. The number of rotatable bonds is 7. The number of carbonyl (C=O) groups is 1. The average molecular weight is 459 g/mol. The molecule has 8 heteroatoms. The fourth-order valence-electron chi connectivity index (χ4n) is 3.54. The molecule has 0 atom stereocenters. The Morgan fingerprint density at radius 2 is 1.91 bits per heavy atom. The molecule has 0 N–H and O–H groups in total. The highest BCUT2D eigenvalue weighted by atomic mass is 32.1. The van der Waals surface area contributed by atoms with E-state index in [1.807, 2.05) is 72.2 Å². The summed E-state index contributed by atoms with van der Waals surface area (Å²) >= 11 is 1.61. The first kappa shape index (κ1) is 21.0. The van der Waals surface area contributed by atoms with Gasteiger partial charge in [-0.1, -0.05) is 41.6 Å². The molecule has 1 aliphatic rings. The zero-order valence-corrected chi connectivity index (χ0v) is 18.6. The Morgan fingerprint density at radius 1 is 1.06 bits per heavy atom. The van der Waals surface area contributed by atoms with E-state index < -0.39 is 0 Å². The first-order valence-electron chi connectivity index (χ1n) is 10.6. The lowest BCUT2D eigenvalue weighted by Crippen LogP contribution is -2.28. The molecular weight excluding hydrogens is 436 g/mol. The van der Waals surface area contributed by atoms with Gasteiger partial charge in [-0.25, -0.2) is 4.68 Å². The SMILES string of the molecule is O=C(C=Cc1cn(Cc2ccccc2)nn1)N(Cc1cccs1)c1ccc2c(c1)OCCO2. The van der Waals surface area contributed by atoms with Crippen LogP contribution in [0.1, 0.15) is 16.1 Å². The predicted octanol–water partition coefficient (Wildman–Crippen LogP) is 4.41. The first-order valence-corrected chi connectivity index (χ1v) is 11.5. The maximum Gasteiger partial charge on any atom is 0.251 e. The van der Waals surface area contributed by atoms with Crippen molar-refractivity contribution in [1.82, 2.24) is 15.0 Å². The summed E-state index contributed by atoms with van der Waals surface area (Å²) in [4.78, 5) is 16.0. The van der Waals surface area contributed by atoms with E-state index in [4.69, 9.17) is 9.47 Å². The topological polar surface area (TPSA) is 69.5 Å². The van der Waals surface area contributed by atoms with Crippen LogP contribution in [0.5, 0.6) is 11.5 Å². The van der Waals surface area contributed by atoms with Gasteiger partial charge in [0.25, 0.3) is 5.91 Å². The Morgan fingerprint density at radius 3 is 2.73 bits per heavy atom. The van der Waals surface area contributed by atoms with Gasteiger partial charge in [0.15, 0.2) is 11.5 Å². The second kappa shape index (κ2) is 9.70. The lowest BCUT2D eigenvalue weighted by atomic mass is 10.2. The number of fused-ring (bicyclic) bond motifs is 1. The largest absolute Gasteiger partial charge is 0.486 e. The molecule has 0 saturated heterocycles. The van der Waals surface area contributed by atoms with Gasteiger partial charge in [0.1, 0.15) is 18.9 Å². The maximum atomic E-state index is 13.2. The normalized spacial score (nSPS) is 12.7. The summed E-state index contributed by atoms with van der Waals surface area (Å²) in [7, 11) is 0. The van der Waals surface area contributed by atoms with Crippen LogP contribution in [0.25, 0.3) is 6.08 Å². The maximum absolute atomic E-state index is 13.2. The molecule has 0 aliphatic carbocycles. The summed E-state index contributed by atoms with van der Waals surface area (Å²) < 4.78 is 13.1. The highest BCUT2D eigenvalue weighted by Crippen LogP contribution is 2.34. The van der Waals surface area contributed by atoms with Crippen LogP contribution >= 0.6 is 11.3 Å². The lowest BCUT2D eigenvalue weighted by Gasteiger charge is -2.24. The molecular formula is C25H22N4O3S. The standard InChI is InChI=1S/C25H22N4O3S/c30-25(11-8-20-17-28(27-26-20)16-19-5-2-1-3-6-19)29(18-22-7-4-14-33-22)21-9-10-23-24(15-21)32-13-12-31-23/h1-11,14-15,17H,12-13,16,18H2. The molecule has 0 spiro atoms. The van der Waals surface area contributed by atoms with E-state index in [0.29, 0.717) is 43.5 Å². The van der Waals surface area contributed by atoms with Crippen LogP contribution in [0.3, 0.4) is 0 Å². The van der Waals surface area contributed by atoms with Gasteiger partial charge < -0.3 is 14.4 Å². The van der Waals surface area contributed by atoms with Crippen LogP contribution in [0.15, 0.2) is 78.3 Å². The molecule has 33 heavy (non-hydrogen) atoms. The molecule has 3 heterocycles. The van der Waals surface area contributed by atoms with E-state index in [0.717, 1.165) is 16.1 Å². The van der Waals surface area contributed by atoms with Crippen molar-refractivity contribution in [2.45, 2.75) is 13.1 Å². The van der Waals surface area contributed by atoms with Crippen molar-refractivity contribution < 1.29 is 14.3 Å². The Labute approximate surface area is 195 Å². The molecule has 1 amide bonds. The predicted molar refractivity (Wildman–Crippen MR) is 128 cm³/mol. The van der Waals surface area contributed by atoms with Gasteiger partial charge in [-0.3, -0.25) is 4.79 Å². The second-order valence-corrected chi connectivity index (χ2v) is 8.52. The van der Waals surface area contributed by atoms with Gasteiger partial charge in [0.05, 0.1) is 19.3 Å². The summed E-state index contributed by atoms with van der Waals surface area (Å²) in [6.07, 6.45) is 5.04. The van der Waals surface area contributed by atoms with Crippen LogP contribution in [0, 0.1) is 0 Å². The molecule has 0 fully saturated rings. The van der Waals surface area contributed by atoms with Crippen molar-refractivity contribution >= 4 is 29.0 Å². The zero-order valence-electron chi connectivity index (χ0n) is 17.8. The van der Waals surface area contributed by atoms with Gasteiger partial charge in [0, 0.05) is 22.7 Å². The Hall–Kier alpha value is -3.91. The number of aromatic nitrogens is 3. The Kier molecular flexibility index (Phi) is 6.16. The third kappa shape index (κ3) is 5.12. The van der Waals surface area contributed by atoms with Crippen LogP contribution < -0.4 is 14.4 Å². The first-order chi connectivity index (χ1) is 16.2. The monoisotopic (exact) mass is 458 g/mol. The molecule has 2 aromatic heterocycles. The number of hydrogen-bond donors (Lipinski definition) is 0. The molecule has 4 aromatic rings. The number of anilines is 1. The number of carbonyl (C=O) groups excluding carboxylic acids is 1. The summed E-state index contributed by atoms with van der Waals surface area (Å²) in [5.74, 6) is 1.19. The van der Waals surface area contributed by atoms with Crippen LogP contribution in [-0.4, -0.2) is 34.1 Å². The van der Waals surface area contributed by atoms with Crippen LogP contribution in [0.2, 0.25) is 0 Å². The highest BCUT2D eigenvalue weighted by Gasteiger charge is 2.19. The minimum Gasteiger partial charge on any atom is -0.486 e. The van der Waals surface area contributed by atoms with Crippen molar-refractivity contribution in [2.24, 2.45) is 0 Å². The second-order valence-electron chi connectivity index (χ2n) is 7.49. The van der Waals surface area contributed by atoms with Gasteiger partial charge in [-0.05, 0) is 35.2 Å². The van der Waals surface area contributed by atoms with Gasteiger partial charge in [0.2, 0.25) is 0 Å². The van der Waals surface area contributed by atoms with E-state index >= 15 is 0 Å². The summed E-state index contributed by atoms with van der Waals surface area (Å²) in [6, 6.07) is 19.6. The number of benzene rings is 2. The van der Waals surface area contributed by atoms with Crippen molar-refractivity contribution in [1.29, 1.82) is 0 Å². The molecule has 5 rings (SSSR count). The number of nitrogens with zero attached hydrogens (tertiary/aromatic N) is 4. The summed E-state index contributed by atoms with van der Waals surface area (Å²) in [6.45, 7) is 2.10. The third-order valence-corrected chi connectivity index (χ3v) is 6.00. The lowest BCUT2D eigenvalue weighted by molar-refractivity contribution is -0.114. The molecule has 0 unspecified atom stereocenters.